The summed E-state index contributed by atoms with van der Waals surface area (Å²) in [5.41, 5.74) is 2.96. The van der Waals surface area contributed by atoms with Gasteiger partial charge in [-0.2, -0.15) is 5.10 Å². The second-order valence-corrected chi connectivity index (χ2v) is 7.85. The Morgan fingerprint density at radius 2 is 2.00 bits per heavy atom. The Hall–Kier alpha value is -2.38. The van der Waals surface area contributed by atoms with Crippen molar-refractivity contribution in [2.24, 2.45) is 5.92 Å². The van der Waals surface area contributed by atoms with E-state index in [0.717, 1.165) is 19.3 Å². The van der Waals surface area contributed by atoms with E-state index in [-0.39, 0.29) is 17.7 Å². The lowest BCUT2D eigenvalue weighted by Crippen LogP contribution is -2.52. The number of amides is 2. The predicted octanol–water partition coefficient (Wildman–Crippen LogP) is 1.95. The molecule has 2 N–H and O–H groups in total. The predicted molar refractivity (Wildman–Crippen MR) is 107 cm³/mol. The summed E-state index contributed by atoms with van der Waals surface area (Å²) in [5, 5.41) is 10.5. The molecule has 0 bridgehead atoms. The highest BCUT2D eigenvalue weighted by Crippen LogP contribution is 2.26. The number of para-hydroxylation sites is 1. The van der Waals surface area contributed by atoms with Gasteiger partial charge in [0.25, 0.3) is 0 Å². The number of carbonyl (C=O) groups excluding carboxylic acids is 2. The maximum atomic E-state index is 12.9. The fourth-order valence-electron chi connectivity index (χ4n) is 3.97. The van der Waals surface area contributed by atoms with Crippen molar-refractivity contribution < 1.29 is 9.59 Å². The number of benzene rings is 1. The zero-order valence-electron chi connectivity index (χ0n) is 15.7. The van der Waals surface area contributed by atoms with Crippen LogP contribution in [0.2, 0.25) is 5.02 Å². The molecule has 1 aromatic heterocycles. The van der Waals surface area contributed by atoms with Crippen LogP contribution in [0.1, 0.15) is 17.7 Å². The maximum absolute atomic E-state index is 12.9. The van der Waals surface area contributed by atoms with Crippen molar-refractivity contribution in [3.63, 3.8) is 0 Å². The monoisotopic (exact) mass is 401 g/mol. The summed E-state index contributed by atoms with van der Waals surface area (Å²) in [7, 11) is 0. The van der Waals surface area contributed by atoms with E-state index in [1.54, 1.807) is 12.1 Å². The van der Waals surface area contributed by atoms with Gasteiger partial charge in [0.1, 0.15) is 0 Å². The molecule has 2 aromatic rings. The van der Waals surface area contributed by atoms with E-state index in [0.29, 0.717) is 43.4 Å². The van der Waals surface area contributed by atoms with E-state index >= 15 is 0 Å². The van der Waals surface area contributed by atoms with Gasteiger partial charge in [-0.3, -0.25) is 19.6 Å². The van der Waals surface area contributed by atoms with Crippen LogP contribution < -0.4 is 5.32 Å². The van der Waals surface area contributed by atoms with Gasteiger partial charge in [0.15, 0.2) is 0 Å². The lowest BCUT2D eigenvalue weighted by atomic mass is 9.87. The molecule has 2 amide bonds. The number of nitrogens with one attached hydrogen (secondary N) is 2. The molecule has 1 atom stereocenters. The molecule has 0 unspecified atom stereocenters. The number of aromatic nitrogens is 2. The highest BCUT2D eigenvalue weighted by atomic mass is 35.5. The molecule has 2 heterocycles. The Labute approximate surface area is 169 Å². The fraction of sp³-hybridized carbons (Fsp3) is 0.450. The molecule has 148 valence electrons. The van der Waals surface area contributed by atoms with Crippen molar-refractivity contribution >= 4 is 29.1 Å². The zero-order chi connectivity index (χ0) is 19.5. The van der Waals surface area contributed by atoms with Crippen LogP contribution in [-0.2, 0) is 22.4 Å². The van der Waals surface area contributed by atoms with Crippen LogP contribution in [0.4, 0.5) is 5.69 Å². The van der Waals surface area contributed by atoms with Gasteiger partial charge in [-0.05, 0) is 37.0 Å². The van der Waals surface area contributed by atoms with Gasteiger partial charge in [-0.15, -0.1) is 0 Å². The summed E-state index contributed by atoms with van der Waals surface area (Å²) in [5.74, 6) is 0.180. The largest absolute Gasteiger partial charge is 0.340 e. The first-order chi connectivity index (χ1) is 13.6. The van der Waals surface area contributed by atoms with Crippen molar-refractivity contribution in [1.29, 1.82) is 0 Å². The minimum absolute atomic E-state index is 0.0418. The Bertz CT molecular complexity index is 860. The van der Waals surface area contributed by atoms with Gasteiger partial charge in [0, 0.05) is 37.8 Å². The summed E-state index contributed by atoms with van der Waals surface area (Å²) in [4.78, 5) is 29.2. The quantitative estimate of drug-likeness (QED) is 0.820. The second-order valence-electron chi connectivity index (χ2n) is 7.44. The molecule has 1 aliphatic heterocycles. The number of nitrogens with zero attached hydrogens (tertiary/aromatic N) is 3. The molecule has 1 saturated heterocycles. The minimum Gasteiger partial charge on any atom is -0.340 e. The topological polar surface area (TPSA) is 81.3 Å². The molecule has 4 rings (SSSR count). The van der Waals surface area contributed by atoms with Crippen molar-refractivity contribution in [3.8, 4) is 0 Å². The zero-order valence-corrected chi connectivity index (χ0v) is 16.4. The molecular formula is C20H24ClN5O2. The number of aryl methyl sites for hydroxylation is 1. The van der Waals surface area contributed by atoms with Crippen molar-refractivity contribution in [3.05, 3.63) is 46.7 Å². The molecule has 28 heavy (non-hydrogen) atoms. The summed E-state index contributed by atoms with van der Waals surface area (Å²) in [6.45, 7) is 3.02. The van der Waals surface area contributed by atoms with Gasteiger partial charge in [0.2, 0.25) is 11.8 Å². The lowest BCUT2D eigenvalue weighted by Gasteiger charge is -2.36. The number of fused-ring (bicyclic) bond motifs is 1. The van der Waals surface area contributed by atoms with Crippen molar-refractivity contribution in [1.82, 2.24) is 20.0 Å². The summed E-state index contributed by atoms with van der Waals surface area (Å²) in [6, 6.07) is 7.20. The highest BCUT2D eigenvalue weighted by Gasteiger charge is 2.31. The van der Waals surface area contributed by atoms with Crippen LogP contribution in [0.15, 0.2) is 30.5 Å². The highest BCUT2D eigenvalue weighted by molar-refractivity contribution is 6.33. The molecule has 1 aromatic carbocycles. The van der Waals surface area contributed by atoms with Crippen LogP contribution in [0, 0.1) is 5.92 Å². The van der Waals surface area contributed by atoms with Crippen molar-refractivity contribution in [2.45, 2.75) is 19.3 Å². The number of rotatable bonds is 4. The summed E-state index contributed by atoms with van der Waals surface area (Å²) in [6.07, 6.45) is 4.36. The van der Waals surface area contributed by atoms with Gasteiger partial charge < -0.3 is 10.2 Å². The number of aromatic amines is 1. The minimum atomic E-state index is -0.0901. The van der Waals surface area contributed by atoms with Crippen LogP contribution in [0.5, 0.6) is 0 Å². The number of hydrogen-bond donors (Lipinski definition) is 2. The molecule has 8 heteroatoms. The van der Waals surface area contributed by atoms with Crippen LogP contribution in [0.3, 0.4) is 0 Å². The standard InChI is InChI=1S/C20H24ClN5O2/c21-16-3-1-2-4-18(16)23-19(27)13-25-7-9-26(10-8-25)20(28)14-5-6-17-15(11-14)12-22-24-17/h1-4,12,14H,5-11,13H2,(H,22,24)(H,23,27)/t14-/m1/s1. The number of hydrogen-bond acceptors (Lipinski definition) is 4. The van der Waals surface area contributed by atoms with Crippen molar-refractivity contribution in [2.75, 3.05) is 38.0 Å². The third-order valence-corrected chi connectivity index (χ3v) is 5.89. The van der Waals surface area contributed by atoms with E-state index < -0.39 is 0 Å². The average Bonchev–Trinajstić information content (AvgIpc) is 3.17. The Kier molecular flexibility index (Phi) is 5.64. The van der Waals surface area contributed by atoms with Crippen LogP contribution in [-0.4, -0.2) is 64.5 Å². The molecule has 0 spiro atoms. The number of anilines is 1. The number of carbonyl (C=O) groups is 2. The van der Waals surface area contributed by atoms with Gasteiger partial charge in [0.05, 0.1) is 23.5 Å². The normalized spacial score (nSPS) is 19.9. The number of piperazine rings is 1. The van der Waals surface area contributed by atoms with E-state index in [4.69, 9.17) is 11.6 Å². The van der Waals surface area contributed by atoms with E-state index in [9.17, 15) is 9.59 Å². The van der Waals surface area contributed by atoms with E-state index in [1.807, 2.05) is 23.2 Å². The molecular weight excluding hydrogens is 378 g/mol. The Morgan fingerprint density at radius 3 is 2.79 bits per heavy atom. The third kappa shape index (κ3) is 4.20. The summed E-state index contributed by atoms with van der Waals surface area (Å²) >= 11 is 6.08. The lowest BCUT2D eigenvalue weighted by molar-refractivity contribution is -0.137. The SMILES string of the molecule is O=C(CN1CCN(C(=O)[C@@H]2CCc3[nH]ncc3C2)CC1)Nc1ccccc1Cl. The third-order valence-electron chi connectivity index (χ3n) is 5.56. The molecule has 2 aliphatic rings. The average molecular weight is 402 g/mol. The van der Waals surface area contributed by atoms with Crippen LogP contribution in [0.25, 0.3) is 0 Å². The first-order valence-corrected chi connectivity index (χ1v) is 10.0. The van der Waals surface area contributed by atoms with Gasteiger partial charge >= 0.3 is 0 Å². The van der Waals surface area contributed by atoms with E-state index in [1.165, 1.54) is 11.3 Å². The molecule has 0 radical (unpaired) electrons. The molecule has 7 nitrogen and oxygen atoms in total. The van der Waals surface area contributed by atoms with E-state index in [2.05, 4.69) is 20.4 Å². The molecule has 0 saturated carbocycles. The fourth-order valence-corrected chi connectivity index (χ4v) is 4.15. The maximum Gasteiger partial charge on any atom is 0.238 e. The van der Waals surface area contributed by atoms with Crippen LogP contribution >= 0.6 is 11.6 Å². The molecule has 1 aliphatic carbocycles. The Morgan fingerprint density at radius 1 is 1.21 bits per heavy atom. The van der Waals surface area contributed by atoms with Gasteiger partial charge in [-0.1, -0.05) is 23.7 Å². The number of H-pyrrole nitrogens is 1. The molecule has 1 fully saturated rings. The smallest absolute Gasteiger partial charge is 0.238 e. The number of halogens is 1. The van der Waals surface area contributed by atoms with Gasteiger partial charge in [-0.25, -0.2) is 0 Å². The first-order valence-electron chi connectivity index (χ1n) is 9.67. The summed E-state index contributed by atoms with van der Waals surface area (Å²) < 4.78 is 0. The Balaban J connectivity index is 1.25. The first kappa shape index (κ1) is 19.0. The second kappa shape index (κ2) is 8.32.